The van der Waals surface area contributed by atoms with Crippen LogP contribution in [0.1, 0.15) is 17.7 Å². The highest BCUT2D eigenvalue weighted by molar-refractivity contribution is 7.99. The fraction of sp³-hybridized carbons (Fsp3) is 0.375. The first-order valence-electron chi connectivity index (χ1n) is 8.36. The maximum Gasteiger partial charge on any atom is 0.309 e. The second-order valence-corrected chi connectivity index (χ2v) is 7.22. The van der Waals surface area contributed by atoms with Gasteiger partial charge in [-0.25, -0.2) is 22.8 Å². The van der Waals surface area contributed by atoms with Crippen molar-refractivity contribution in [2.75, 3.05) is 25.4 Å². The number of alkyl halides is 2. The zero-order valence-corrected chi connectivity index (χ0v) is 15.6. The van der Waals surface area contributed by atoms with Gasteiger partial charge in [0.05, 0.1) is 17.2 Å². The molecule has 29 heavy (non-hydrogen) atoms. The van der Waals surface area contributed by atoms with E-state index >= 15 is 0 Å². The maximum atomic E-state index is 13.4. The van der Waals surface area contributed by atoms with Gasteiger partial charge in [0.15, 0.2) is 16.6 Å². The highest BCUT2D eigenvalue weighted by Gasteiger charge is 2.32. The molecule has 0 aliphatic carbocycles. The van der Waals surface area contributed by atoms with Crippen LogP contribution >= 0.6 is 11.8 Å². The molecule has 156 valence electrons. The number of benzene rings is 1. The van der Waals surface area contributed by atoms with E-state index in [1.807, 2.05) is 10.4 Å². The number of carboxylic acids is 1. The maximum absolute atomic E-state index is 13.4. The Morgan fingerprint density at radius 1 is 1.41 bits per heavy atom. The number of rotatable bonds is 8. The van der Waals surface area contributed by atoms with E-state index in [0.29, 0.717) is 25.4 Å². The molecule has 3 N–H and O–H groups in total. The molecule has 3 rings (SSSR count). The van der Waals surface area contributed by atoms with Gasteiger partial charge in [0.25, 0.3) is 6.43 Å². The smallest absolute Gasteiger partial charge is 0.309 e. The molecule has 0 radical (unpaired) electrons. The number of nitrogens with one attached hydrogen (secondary N) is 1. The molecule has 1 saturated heterocycles. The molecule has 0 unspecified atom stereocenters. The zero-order chi connectivity index (χ0) is 21.0. The predicted octanol–water partition coefficient (Wildman–Crippen LogP) is 2.31. The SMILES string of the molecule is O=C(O)C1CN(CCSc2nonc2C(=Nc2ccc(F)c(C(F)F)c2)NO)C1. The minimum atomic E-state index is -3.02. The number of nitrogens with zero attached hydrogens (tertiary/aromatic N) is 4. The molecule has 2 aromatic rings. The van der Waals surface area contributed by atoms with E-state index in [9.17, 15) is 23.2 Å². The Labute approximate surface area is 166 Å². The standard InChI is InChI=1S/C16H16F3N5O4S/c17-11-2-1-9(5-10(11)13(18)19)20-14(21-27)12-15(23-28-22-12)29-4-3-24-6-8(7-24)16(25)26/h1-2,5,8,13,27H,3-4,6-7H2,(H,20,21)(H,25,26). The fourth-order valence-electron chi connectivity index (χ4n) is 2.63. The van der Waals surface area contributed by atoms with Gasteiger partial charge in [-0.3, -0.25) is 15.5 Å². The van der Waals surface area contributed by atoms with Crippen molar-refractivity contribution >= 4 is 29.3 Å². The molecular formula is C16H16F3N5O4S. The number of aliphatic carboxylic acids is 1. The highest BCUT2D eigenvalue weighted by atomic mass is 32.2. The van der Waals surface area contributed by atoms with E-state index in [2.05, 4.69) is 19.9 Å². The lowest BCUT2D eigenvalue weighted by Crippen LogP contribution is -2.50. The summed E-state index contributed by atoms with van der Waals surface area (Å²) in [5.74, 6) is -1.90. The average Bonchev–Trinajstić information content (AvgIpc) is 3.10. The summed E-state index contributed by atoms with van der Waals surface area (Å²) in [5, 5.41) is 25.9. The third-order valence-corrected chi connectivity index (χ3v) is 5.12. The molecule has 0 saturated carbocycles. The number of carboxylic acid groups (broad SMARTS) is 1. The van der Waals surface area contributed by atoms with Crippen LogP contribution < -0.4 is 5.48 Å². The van der Waals surface area contributed by atoms with Crippen LogP contribution in [-0.2, 0) is 4.79 Å². The Bertz CT molecular complexity index is 904. The summed E-state index contributed by atoms with van der Waals surface area (Å²) in [6.07, 6.45) is -3.02. The first kappa shape index (κ1) is 21.1. The van der Waals surface area contributed by atoms with Crippen molar-refractivity contribution in [3.05, 3.63) is 35.3 Å². The second kappa shape index (κ2) is 9.24. The Morgan fingerprint density at radius 2 is 2.17 bits per heavy atom. The van der Waals surface area contributed by atoms with Crippen LogP contribution in [0.15, 0.2) is 32.8 Å². The zero-order valence-electron chi connectivity index (χ0n) is 14.8. The van der Waals surface area contributed by atoms with Gasteiger partial charge in [-0.1, -0.05) is 11.8 Å². The summed E-state index contributed by atoms with van der Waals surface area (Å²) in [7, 11) is 0. The summed E-state index contributed by atoms with van der Waals surface area (Å²) in [6, 6.07) is 2.88. The lowest BCUT2D eigenvalue weighted by molar-refractivity contribution is -0.147. The minimum Gasteiger partial charge on any atom is -0.481 e. The molecule has 1 aromatic heterocycles. The number of carbonyl (C=O) groups is 1. The highest BCUT2D eigenvalue weighted by Crippen LogP contribution is 2.27. The first-order chi connectivity index (χ1) is 13.9. The van der Waals surface area contributed by atoms with E-state index in [4.69, 9.17) is 5.11 Å². The summed E-state index contributed by atoms with van der Waals surface area (Å²) < 4.78 is 43.8. The fourth-order valence-corrected chi connectivity index (χ4v) is 3.53. The normalized spacial score (nSPS) is 15.6. The van der Waals surface area contributed by atoms with Crippen LogP contribution in [0.25, 0.3) is 0 Å². The van der Waals surface area contributed by atoms with Crippen LogP contribution in [0.2, 0.25) is 0 Å². The van der Waals surface area contributed by atoms with Crippen molar-refractivity contribution in [1.82, 2.24) is 20.7 Å². The molecule has 1 aromatic carbocycles. The molecule has 2 heterocycles. The van der Waals surface area contributed by atoms with Crippen molar-refractivity contribution in [3.8, 4) is 0 Å². The number of hydrogen-bond donors (Lipinski definition) is 3. The number of likely N-dealkylation sites (tertiary alicyclic amines) is 1. The van der Waals surface area contributed by atoms with Crippen LogP contribution in [0, 0.1) is 11.7 Å². The number of amidine groups is 1. The molecule has 0 spiro atoms. The molecule has 1 fully saturated rings. The van der Waals surface area contributed by atoms with Crippen molar-refractivity contribution in [1.29, 1.82) is 0 Å². The second-order valence-electron chi connectivity index (χ2n) is 6.14. The summed E-state index contributed by atoms with van der Waals surface area (Å²) in [4.78, 5) is 16.7. The van der Waals surface area contributed by atoms with Gasteiger partial charge in [0, 0.05) is 25.4 Å². The topological polar surface area (TPSA) is 124 Å². The van der Waals surface area contributed by atoms with Gasteiger partial charge in [-0.05, 0) is 28.5 Å². The Kier molecular flexibility index (Phi) is 6.71. The average molecular weight is 431 g/mol. The van der Waals surface area contributed by atoms with Gasteiger partial charge < -0.3 is 10.0 Å². The van der Waals surface area contributed by atoms with Crippen LogP contribution in [0.5, 0.6) is 0 Å². The van der Waals surface area contributed by atoms with Crippen LogP contribution in [0.4, 0.5) is 18.9 Å². The number of hydroxylamine groups is 1. The van der Waals surface area contributed by atoms with E-state index in [1.54, 1.807) is 0 Å². The van der Waals surface area contributed by atoms with E-state index in [1.165, 1.54) is 17.8 Å². The molecule has 0 bridgehead atoms. The number of aliphatic imine (C=N–C) groups is 1. The quantitative estimate of drug-likeness (QED) is 0.250. The monoisotopic (exact) mass is 431 g/mol. The van der Waals surface area contributed by atoms with Crippen molar-refractivity contribution in [3.63, 3.8) is 0 Å². The minimum absolute atomic E-state index is 0.0301. The molecule has 9 nitrogen and oxygen atoms in total. The largest absolute Gasteiger partial charge is 0.481 e. The number of hydrogen-bond acceptors (Lipinski definition) is 8. The lowest BCUT2D eigenvalue weighted by atomic mass is 10.0. The summed E-state index contributed by atoms with van der Waals surface area (Å²) >= 11 is 1.24. The van der Waals surface area contributed by atoms with Crippen molar-refractivity contribution in [2.45, 2.75) is 11.5 Å². The molecule has 1 aliphatic heterocycles. The van der Waals surface area contributed by atoms with Crippen LogP contribution in [-0.4, -0.2) is 62.7 Å². The van der Waals surface area contributed by atoms with Gasteiger partial charge in [-0.15, -0.1) is 0 Å². The van der Waals surface area contributed by atoms with E-state index in [0.717, 1.165) is 12.1 Å². The first-order valence-corrected chi connectivity index (χ1v) is 9.35. The molecule has 0 atom stereocenters. The van der Waals surface area contributed by atoms with Gasteiger partial charge in [0.2, 0.25) is 0 Å². The van der Waals surface area contributed by atoms with E-state index in [-0.39, 0.29) is 28.2 Å². The third-order valence-electron chi connectivity index (χ3n) is 4.20. The molecular weight excluding hydrogens is 415 g/mol. The Morgan fingerprint density at radius 3 is 2.83 bits per heavy atom. The molecule has 0 amide bonds. The molecule has 1 aliphatic rings. The Balaban J connectivity index is 1.67. The van der Waals surface area contributed by atoms with Gasteiger partial charge >= 0.3 is 5.97 Å². The summed E-state index contributed by atoms with van der Waals surface area (Å²) in [6.45, 7) is 1.55. The van der Waals surface area contributed by atoms with Crippen molar-refractivity contribution < 1.29 is 32.9 Å². The van der Waals surface area contributed by atoms with Crippen LogP contribution in [0.3, 0.4) is 0 Å². The van der Waals surface area contributed by atoms with E-state index < -0.39 is 23.8 Å². The molecule has 13 heteroatoms. The lowest BCUT2D eigenvalue weighted by Gasteiger charge is -2.36. The number of halogens is 3. The predicted molar refractivity (Wildman–Crippen MR) is 95.1 cm³/mol. The number of aromatic nitrogens is 2. The summed E-state index contributed by atoms with van der Waals surface area (Å²) in [5.41, 5.74) is 1.02. The third kappa shape index (κ3) is 5.05. The Hall–Kier alpha value is -2.64. The van der Waals surface area contributed by atoms with Gasteiger partial charge in [-0.2, -0.15) is 0 Å². The van der Waals surface area contributed by atoms with Crippen molar-refractivity contribution in [2.24, 2.45) is 10.9 Å². The van der Waals surface area contributed by atoms with Gasteiger partial charge in [0.1, 0.15) is 5.82 Å². The number of thioether (sulfide) groups is 1.